The lowest BCUT2D eigenvalue weighted by Crippen LogP contribution is -2.40. The van der Waals surface area contributed by atoms with Crippen molar-refractivity contribution >= 4 is 29.2 Å². The summed E-state index contributed by atoms with van der Waals surface area (Å²) in [5.41, 5.74) is 0.196. The van der Waals surface area contributed by atoms with Gasteiger partial charge in [-0.05, 0) is 49.7 Å². The van der Waals surface area contributed by atoms with E-state index >= 15 is 0 Å². The summed E-state index contributed by atoms with van der Waals surface area (Å²) in [4.78, 5) is 31.2. The second-order valence-corrected chi connectivity index (χ2v) is 8.81. The third-order valence-corrected chi connectivity index (χ3v) is 6.49. The highest BCUT2D eigenvalue weighted by Gasteiger charge is 2.33. The summed E-state index contributed by atoms with van der Waals surface area (Å²) in [6.07, 6.45) is -3.15. The molecule has 11 heteroatoms. The molecule has 2 aromatic carbocycles. The number of hydrogen-bond donors (Lipinski definition) is 1. The quantitative estimate of drug-likeness (QED) is 0.503. The van der Waals surface area contributed by atoms with Gasteiger partial charge in [-0.2, -0.15) is 13.2 Å². The number of nitrogens with zero attached hydrogens (tertiary/aromatic N) is 2. The Bertz CT molecular complexity index is 1500. The molecule has 7 nitrogen and oxygen atoms in total. The first-order valence-electron chi connectivity index (χ1n) is 10.9. The molecule has 1 N–H and O–H groups in total. The number of anilines is 1. The highest BCUT2D eigenvalue weighted by Crippen LogP contribution is 2.32. The summed E-state index contributed by atoms with van der Waals surface area (Å²) in [6, 6.07) is 10.8. The van der Waals surface area contributed by atoms with Crippen LogP contribution < -0.4 is 24.9 Å². The number of alkyl halides is 3. The van der Waals surface area contributed by atoms with Crippen molar-refractivity contribution in [3.05, 3.63) is 90.6 Å². The Morgan fingerprint density at radius 2 is 1.94 bits per heavy atom. The van der Waals surface area contributed by atoms with E-state index in [0.717, 1.165) is 23.5 Å². The molecule has 0 unspecified atom stereocenters. The van der Waals surface area contributed by atoms with Gasteiger partial charge in [-0.1, -0.05) is 29.5 Å². The maximum absolute atomic E-state index is 13.5. The molecule has 0 radical (unpaired) electrons. The SMILES string of the molecule is CCOC(=O)C1=C(C)N=c2s/c(=C\Nc3cccc(C(F)(F)F)c3)c(=O)n2[C@@H]1c1ccc(OC)cc1. The first-order valence-corrected chi connectivity index (χ1v) is 11.7. The molecule has 0 aliphatic carbocycles. The number of hydrogen-bond acceptors (Lipinski definition) is 7. The van der Waals surface area contributed by atoms with Gasteiger partial charge in [-0.25, -0.2) is 9.79 Å². The van der Waals surface area contributed by atoms with E-state index in [1.807, 2.05) is 0 Å². The summed E-state index contributed by atoms with van der Waals surface area (Å²) in [6.45, 7) is 3.50. The Morgan fingerprint density at radius 3 is 2.58 bits per heavy atom. The molecule has 4 rings (SSSR count). The van der Waals surface area contributed by atoms with E-state index in [-0.39, 0.29) is 22.4 Å². The van der Waals surface area contributed by atoms with Crippen LogP contribution in [0.15, 0.2) is 69.6 Å². The fourth-order valence-corrected chi connectivity index (χ4v) is 4.80. The van der Waals surface area contributed by atoms with E-state index in [1.54, 1.807) is 38.1 Å². The summed E-state index contributed by atoms with van der Waals surface area (Å²) in [5, 5.41) is 2.77. The number of ether oxygens (including phenoxy) is 2. The molecule has 1 aliphatic rings. The monoisotopic (exact) mass is 517 g/mol. The number of carbonyl (C=O) groups excluding carboxylic acids is 1. The molecule has 0 saturated heterocycles. The lowest BCUT2D eigenvalue weighted by atomic mass is 9.96. The minimum Gasteiger partial charge on any atom is -0.497 e. The van der Waals surface area contributed by atoms with E-state index in [4.69, 9.17) is 9.47 Å². The number of esters is 1. The van der Waals surface area contributed by atoms with Gasteiger partial charge in [0.05, 0.1) is 36.6 Å². The van der Waals surface area contributed by atoms with E-state index in [9.17, 15) is 22.8 Å². The van der Waals surface area contributed by atoms with Crippen molar-refractivity contribution < 1.29 is 27.4 Å². The van der Waals surface area contributed by atoms with Crippen LogP contribution in [-0.4, -0.2) is 24.3 Å². The Morgan fingerprint density at radius 1 is 1.22 bits per heavy atom. The zero-order chi connectivity index (χ0) is 26.0. The van der Waals surface area contributed by atoms with Crippen LogP contribution in [0, 0.1) is 0 Å². The van der Waals surface area contributed by atoms with Crippen LogP contribution in [-0.2, 0) is 15.7 Å². The van der Waals surface area contributed by atoms with E-state index in [0.29, 0.717) is 21.8 Å². The number of thiazole rings is 1. The molecule has 0 amide bonds. The van der Waals surface area contributed by atoms with Crippen molar-refractivity contribution in [2.75, 3.05) is 19.0 Å². The Hall–Kier alpha value is -3.86. The summed E-state index contributed by atoms with van der Waals surface area (Å²) in [5.74, 6) is 0.0192. The highest BCUT2D eigenvalue weighted by molar-refractivity contribution is 7.07. The molecule has 0 bridgehead atoms. The summed E-state index contributed by atoms with van der Waals surface area (Å²) < 4.78 is 51.2. The maximum atomic E-state index is 13.5. The van der Waals surface area contributed by atoms with Crippen LogP contribution in [0.3, 0.4) is 0 Å². The number of benzene rings is 2. The number of fused-ring (bicyclic) bond motifs is 1. The number of aromatic nitrogens is 1. The van der Waals surface area contributed by atoms with Gasteiger partial charge in [0.25, 0.3) is 5.56 Å². The Kier molecular flexibility index (Phi) is 7.02. The Balaban J connectivity index is 1.82. The van der Waals surface area contributed by atoms with Crippen LogP contribution in [0.25, 0.3) is 6.20 Å². The van der Waals surface area contributed by atoms with Gasteiger partial charge in [0, 0.05) is 11.9 Å². The zero-order valence-corrected chi connectivity index (χ0v) is 20.4. The van der Waals surface area contributed by atoms with Crippen molar-refractivity contribution in [1.29, 1.82) is 0 Å². The molecule has 188 valence electrons. The predicted octanol–water partition coefficient (Wildman–Crippen LogP) is 3.85. The van der Waals surface area contributed by atoms with Crippen molar-refractivity contribution in [2.45, 2.75) is 26.1 Å². The molecule has 1 aromatic heterocycles. The second kappa shape index (κ2) is 10.0. The number of nitrogens with one attached hydrogen (secondary N) is 1. The van der Waals surface area contributed by atoms with Gasteiger partial charge in [0.15, 0.2) is 4.80 Å². The van der Waals surface area contributed by atoms with Gasteiger partial charge in [-0.3, -0.25) is 9.36 Å². The van der Waals surface area contributed by atoms with Gasteiger partial charge < -0.3 is 14.8 Å². The third-order valence-electron chi connectivity index (χ3n) is 5.51. The average Bonchev–Trinajstić information content (AvgIpc) is 3.16. The number of allylic oxidation sites excluding steroid dienone is 1. The first kappa shape index (κ1) is 25.2. The van der Waals surface area contributed by atoms with Gasteiger partial charge in [0.2, 0.25) is 0 Å². The van der Waals surface area contributed by atoms with Crippen LogP contribution in [0.5, 0.6) is 5.75 Å². The Labute approximate surface area is 207 Å². The molecule has 0 fully saturated rings. The van der Waals surface area contributed by atoms with E-state index in [1.165, 1.54) is 30.0 Å². The lowest BCUT2D eigenvalue weighted by molar-refractivity contribution is -0.139. The second-order valence-electron chi connectivity index (χ2n) is 7.80. The fraction of sp³-hybridized carbons (Fsp3) is 0.240. The largest absolute Gasteiger partial charge is 0.497 e. The summed E-state index contributed by atoms with van der Waals surface area (Å²) in [7, 11) is 1.53. The number of carbonyl (C=O) groups is 1. The smallest absolute Gasteiger partial charge is 0.416 e. The van der Waals surface area contributed by atoms with Crippen molar-refractivity contribution in [3.63, 3.8) is 0 Å². The van der Waals surface area contributed by atoms with Crippen LogP contribution in [0.1, 0.15) is 31.0 Å². The average molecular weight is 518 g/mol. The van der Waals surface area contributed by atoms with E-state index < -0.39 is 29.3 Å². The van der Waals surface area contributed by atoms with Crippen molar-refractivity contribution in [1.82, 2.24) is 4.57 Å². The lowest BCUT2D eigenvalue weighted by Gasteiger charge is -2.24. The van der Waals surface area contributed by atoms with Gasteiger partial charge in [0.1, 0.15) is 10.3 Å². The predicted molar refractivity (Wildman–Crippen MR) is 129 cm³/mol. The number of halogens is 3. The molecule has 0 spiro atoms. The third kappa shape index (κ3) is 4.92. The standard InChI is InChI=1S/C25H22F3N3O4S/c1-4-35-23(33)20-14(2)30-24-31(21(20)15-8-10-18(34-3)11-9-15)22(32)19(36-24)13-29-17-7-5-6-16(12-17)25(26,27)28/h5-13,21,29H,4H2,1-3H3/b19-13-/t21-/m1/s1. The van der Waals surface area contributed by atoms with Crippen molar-refractivity contribution in [3.8, 4) is 5.75 Å². The zero-order valence-electron chi connectivity index (χ0n) is 19.6. The number of methoxy groups -OCH3 is 1. The van der Waals surface area contributed by atoms with Crippen LogP contribution >= 0.6 is 11.3 Å². The first-order chi connectivity index (χ1) is 17.1. The molecular formula is C25H22F3N3O4S. The molecule has 36 heavy (non-hydrogen) atoms. The molecular weight excluding hydrogens is 495 g/mol. The minimum atomic E-state index is -4.49. The summed E-state index contributed by atoms with van der Waals surface area (Å²) >= 11 is 1.06. The maximum Gasteiger partial charge on any atom is 0.416 e. The molecule has 1 atom stereocenters. The normalized spacial score (nSPS) is 15.8. The molecule has 1 aliphatic heterocycles. The molecule has 3 aromatic rings. The minimum absolute atomic E-state index is 0.149. The fourth-order valence-electron chi connectivity index (χ4n) is 3.83. The van der Waals surface area contributed by atoms with Gasteiger partial charge in [-0.15, -0.1) is 0 Å². The molecule has 2 heterocycles. The number of rotatable bonds is 6. The van der Waals surface area contributed by atoms with Crippen molar-refractivity contribution in [2.24, 2.45) is 4.99 Å². The topological polar surface area (TPSA) is 81.9 Å². The van der Waals surface area contributed by atoms with Crippen LogP contribution in [0.4, 0.5) is 18.9 Å². The molecule has 0 saturated carbocycles. The van der Waals surface area contributed by atoms with Crippen LogP contribution in [0.2, 0.25) is 0 Å². The van der Waals surface area contributed by atoms with E-state index in [2.05, 4.69) is 10.3 Å². The van der Waals surface area contributed by atoms with Gasteiger partial charge >= 0.3 is 12.1 Å². The highest BCUT2D eigenvalue weighted by atomic mass is 32.1.